The van der Waals surface area contributed by atoms with Crippen LogP contribution in [0.25, 0.3) is 0 Å². The minimum atomic E-state index is -0.442. The first kappa shape index (κ1) is 17.0. The molecule has 0 aromatic heterocycles. The summed E-state index contributed by atoms with van der Waals surface area (Å²) in [6.45, 7) is 7.46. The molecule has 0 spiro atoms. The van der Waals surface area contributed by atoms with Crippen LogP contribution in [-0.2, 0) is 14.9 Å². The van der Waals surface area contributed by atoms with Gasteiger partial charge in [0.1, 0.15) is 0 Å². The second-order valence-electron chi connectivity index (χ2n) is 5.10. The van der Waals surface area contributed by atoms with E-state index in [0.29, 0.717) is 6.61 Å². The van der Waals surface area contributed by atoms with Crippen LogP contribution in [0.3, 0.4) is 0 Å². The molecule has 1 aromatic rings. The molecular weight excluding hydrogens is 274 g/mol. The van der Waals surface area contributed by atoms with Crippen molar-refractivity contribution in [2.24, 2.45) is 0 Å². The number of esters is 1. The molecule has 20 heavy (non-hydrogen) atoms. The molecule has 3 nitrogen and oxygen atoms in total. The summed E-state index contributed by atoms with van der Waals surface area (Å²) in [6.07, 6.45) is 1.70. The van der Waals surface area contributed by atoms with Gasteiger partial charge in [-0.05, 0) is 45.0 Å². The molecule has 0 bridgehead atoms. The summed E-state index contributed by atoms with van der Waals surface area (Å²) < 4.78 is 5.35. The number of rotatable bonds is 4. The summed E-state index contributed by atoms with van der Waals surface area (Å²) in [7, 11) is 0. The van der Waals surface area contributed by atoms with E-state index < -0.39 is 5.41 Å². The number of hydrogen-bond acceptors (Lipinski definition) is 3. The van der Waals surface area contributed by atoms with Gasteiger partial charge in [0.2, 0.25) is 0 Å². The number of benzene rings is 1. The zero-order valence-electron chi connectivity index (χ0n) is 12.3. The summed E-state index contributed by atoms with van der Waals surface area (Å²) in [5, 5.41) is 0. The Balaban J connectivity index is 0.00000200. The smallest absolute Gasteiger partial charge is 0.316 e. The van der Waals surface area contributed by atoms with Gasteiger partial charge in [0.25, 0.3) is 0 Å². The number of carbonyl (C=O) groups is 1. The Hall–Kier alpha value is -1.06. The minimum absolute atomic E-state index is 0. The molecular formula is C16H24ClNO2. The average molecular weight is 298 g/mol. The number of hydrogen-bond donors (Lipinski definition) is 0. The Morgan fingerprint density at radius 1 is 1.20 bits per heavy atom. The van der Waals surface area contributed by atoms with E-state index in [9.17, 15) is 4.79 Å². The van der Waals surface area contributed by atoms with Crippen LogP contribution in [0.2, 0.25) is 0 Å². The lowest BCUT2D eigenvalue weighted by atomic mass is 9.72. The number of piperidine rings is 1. The van der Waals surface area contributed by atoms with Crippen molar-refractivity contribution in [1.82, 2.24) is 4.90 Å². The number of halogens is 1. The molecule has 1 aliphatic heterocycles. The normalized spacial score (nSPS) is 18.1. The standard InChI is InChI=1S/C16H23NO2.ClH/c1-3-17-12-10-16(11-13-17,15(18)19-4-2)14-8-6-5-7-9-14;/h5-9H,3-4,10-13H2,1-2H3;1H. The van der Waals surface area contributed by atoms with Gasteiger partial charge in [-0.1, -0.05) is 37.3 Å². The summed E-state index contributed by atoms with van der Waals surface area (Å²) >= 11 is 0. The fraction of sp³-hybridized carbons (Fsp3) is 0.562. The van der Waals surface area contributed by atoms with E-state index in [1.165, 1.54) is 0 Å². The van der Waals surface area contributed by atoms with Crippen molar-refractivity contribution in [2.45, 2.75) is 32.1 Å². The second-order valence-corrected chi connectivity index (χ2v) is 5.10. The maximum absolute atomic E-state index is 12.5. The monoisotopic (exact) mass is 297 g/mol. The molecule has 0 radical (unpaired) electrons. The third-order valence-corrected chi connectivity index (χ3v) is 4.15. The Morgan fingerprint density at radius 3 is 2.30 bits per heavy atom. The van der Waals surface area contributed by atoms with Gasteiger partial charge in [-0.3, -0.25) is 4.79 Å². The highest BCUT2D eigenvalue weighted by molar-refractivity contribution is 5.85. The lowest BCUT2D eigenvalue weighted by molar-refractivity contribution is -0.152. The maximum Gasteiger partial charge on any atom is 0.316 e. The molecule has 0 amide bonds. The van der Waals surface area contributed by atoms with Gasteiger partial charge in [0.15, 0.2) is 0 Å². The van der Waals surface area contributed by atoms with Gasteiger partial charge >= 0.3 is 5.97 Å². The Kier molecular flexibility index (Phi) is 6.50. The first-order valence-electron chi connectivity index (χ1n) is 7.18. The van der Waals surface area contributed by atoms with Crippen LogP contribution in [0.4, 0.5) is 0 Å². The fourth-order valence-electron chi connectivity index (χ4n) is 2.89. The van der Waals surface area contributed by atoms with E-state index in [-0.39, 0.29) is 18.4 Å². The predicted molar refractivity (Wildman–Crippen MR) is 83.3 cm³/mol. The molecule has 112 valence electrons. The first-order valence-corrected chi connectivity index (χ1v) is 7.18. The number of nitrogens with zero attached hydrogens (tertiary/aromatic N) is 1. The molecule has 0 aliphatic carbocycles. The lowest BCUT2D eigenvalue weighted by Crippen LogP contribution is -2.48. The van der Waals surface area contributed by atoms with Crippen molar-refractivity contribution in [3.8, 4) is 0 Å². The Labute approximate surface area is 127 Å². The summed E-state index contributed by atoms with van der Waals surface area (Å²) in [5.41, 5.74) is 0.660. The average Bonchev–Trinajstić information content (AvgIpc) is 2.48. The van der Waals surface area contributed by atoms with E-state index in [1.54, 1.807) is 0 Å². The summed E-state index contributed by atoms with van der Waals surface area (Å²) in [4.78, 5) is 14.9. The van der Waals surface area contributed by atoms with E-state index >= 15 is 0 Å². The van der Waals surface area contributed by atoms with Gasteiger partial charge in [-0.25, -0.2) is 0 Å². The molecule has 0 N–H and O–H groups in total. The van der Waals surface area contributed by atoms with Crippen LogP contribution in [0.5, 0.6) is 0 Å². The first-order chi connectivity index (χ1) is 9.23. The van der Waals surface area contributed by atoms with Crippen LogP contribution in [0, 0.1) is 0 Å². The van der Waals surface area contributed by atoms with Crippen molar-refractivity contribution < 1.29 is 9.53 Å². The lowest BCUT2D eigenvalue weighted by Gasteiger charge is -2.39. The molecule has 2 rings (SSSR count). The minimum Gasteiger partial charge on any atom is -0.465 e. The van der Waals surface area contributed by atoms with Crippen LogP contribution >= 0.6 is 12.4 Å². The Morgan fingerprint density at radius 2 is 1.80 bits per heavy atom. The quantitative estimate of drug-likeness (QED) is 0.800. The zero-order chi connectivity index (χ0) is 13.7. The third-order valence-electron chi connectivity index (χ3n) is 4.15. The van der Waals surface area contributed by atoms with Crippen molar-refractivity contribution in [3.05, 3.63) is 35.9 Å². The van der Waals surface area contributed by atoms with E-state index in [0.717, 1.165) is 38.0 Å². The van der Waals surface area contributed by atoms with E-state index in [4.69, 9.17) is 4.74 Å². The van der Waals surface area contributed by atoms with Crippen molar-refractivity contribution >= 4 is 18.4 Å². The molecule has 0 unspecified atom stereocenters. The van der Waals surface area contributed by atoms with Gasteiger partial charge in [0.05, 0.1) is 12.0 Å². The molecule has 0 saturated carbocycles. The Bertz CT molecular complexity index is 414. The molecule has 1 saturated heterocycles. The van der Waals surface area contributed by atoms with E-state index in [1.807, 2.05) is 25.1 Å². The maximum atomic E-state index is 12.5. The van der Waals surface area contributed by atoms with Crippen molar-refractivity contribution in [1.29, 1.82) is 0 Å². The van der Waals surface area contributed by atoms with Gasteiger partial charge in [-0.2, -0.15) is 0 Å². The van der Waals surface area contributed by atoms with Gasteiger partial charge in [0, 0.05) is 0 Å². The highest BCUT2D eigenvalue weighted by Crippen LogP contribution is 2.36. The van der Waals surface area contributed by atoms with Crippen LogP contribution in [0.1, 0.15) is 32.3 Å². The summed E-state index contributed by atoms with van der Waals surface area (Å²) in [6, 6.07) is 10.1. The highest BCUT2D eigenvalue weighted by Gasteiger charge is 2.43. The predicted octanol–water partition coefficient (Wildman–Crippen LogP) is 3.03. The van der Waals surface area contributed by atoms with Crippen LogP contribution < -0.4 is 0 Å². The largest absolute Gasteiger partial charge is 0.465 e. The third kappa shape index (κ3) is 3.33. The SMILES string of the molecule is CCOC(=O)C1(c2ccccc2)CCN(CC)CC1.Cl. The summed E-state index contributed by atoms with van der Waals surface area (Å²) in [5.74, 6) is -0.0584. The molecule has 0 atom stereocenters. The topological polar surface area (TPSA) is 29.5 Å². The zero-order valence-corrected chi connectivity index (χ0v) is 13.1. The van der Waals surface area contributed by atoms with Gasteiger partial charge in [-0.15, -0.1) is 12.4 Å². The molecule has 1 aliphatic rings. The molecule has 1 aromatic carbocycles. The molecule has 1 heterocycles. The number of likely N-dealkylation sites (tertiary alicyclic amines) is 1. The van der Waals surface area contributed by atoms with Crippen LogP contribution in [-0.4, -0.2) is 37.1 Å². The van der Waals surface area contributed by atoms with Crippen molar-refractivity contribution in [2.75, 3.05) is 26.2 Å². The highest BCUT2D eigenvalue weighted by atomic mass is 35.5. The van der Waals surface area contributed by atoms with E-state index in [2.05, 4.69) is 24.0 Å². The second kappa shape index (κ2) is 7.65. The number of carbonyl (C=O) groups excluding carboxylic acids is 1. The molecule has 1 fully saturated rings. The van der Waals surface area contributed by atoms with Crippen molar-refractivity contribution in [3.63, 3.8) is 0 Å². The van der Waals surface area contributed by atoms with Crippen LogP contribution in [0.15, 0.2) is 30.3 Å². The van der Waals surface area contributed by atoms with Gasteiger partial charge < -0.3 is 9.64 Å². The number of ether oxygens (including phenoxy) is 1. The molecule has 4 heteroatoms. The fourth-order valence-corrected chi connectivity index (χ4v) is 2.89.